The fourth-order valence-electron chi connectivity index (χ4n) is 2.43. The molecule has 0 aliphatic carbocycles. The Hall–Kier alpha value is -2.23. The summed E-state index contributed by atoms with van der Waals surface area (Å²) < 4.78 is 27.9. The van der Waals surface area contributed by atoms with E-state index < -0.39 is 21.3 Å². The van der Waals surface area contributed by atoms with E-state index in [9.17, 15) is 13.2 Å². The number of halogens is 1. The lowest BCUT2D eigenvalue weighted by atomic mass is 10.2. The number of rotatable bonds is 8. The third-order valence-electron chi connectivity index (χ3n) is 3.62. The molecule has 8 nitrogen and oxygen atoms in total. The number of hydrogen-bond acceptors (Lipinski definition) is 5. The molecule has 0 fully saturated rings. The van der Waals surface area contributed by atoms with Crippen LogP contribution in [0.25, 0.3) is 10.9 Å². The van der Waals surface area contributed by atoms with Crippen LogP contribution in [0.2, 0.25) is 0 Å². The highest BCUT2D eigenvalue weighted by Crippen LogP contribution is 2.22. The van der Waals surface area contributed by atoms with Crippen LogP contribution >= 0.6 is 11.6 Å². The minimum atomic E-state index is -4.00. The first-order valence-corrected chi connectivity index (χ1v) is 9.69. The van der Waals surface area contributed by atoms with Crippen molar-refractivity contribution in [3.63, 3.8) is 0 Å². The predicted molar refractivity (Wildman–Crippen MR) is 101 cm³/mol. The molecule has 1 heterocycles. The summed E-state index contributed by atoms with van der Waals surface area (Å²) in [6.07, 6.45) is 2.13. The van der Waals surface area contributed by atoms with Gasteiger partial charge in [0.25, 0.3) is 0 Å². The lowest BCUT2D eigenvalue weighted by Crippen LogP contribution is -2.39. The third kappa shape index (κ3) is 5.13. The van der Waals surface area contributed by atoms with E-state index in [0.29, 0.717) is 17.3 Å². The van der Waals surface area contributed by atoms with Crippen molar-refractivity contribution >= 4 is 43.7 Å². The minimum absolute atomic E-state index is 0.0119. The molecule has 2 aromatic rings. The van der Waals surface area contributed by atoms with E-state index in [2.05, 4.69) is 14.7 Å². The molecule has 0 amide bonds. The number of benzene rings is 1. The van der Waals surface area contributed by atoms with Gasteiger partial charge in [0, 0.05) is 18.1 Å². The van der Waals surface area contributed by atoms with E-state index in [1.165, 1.54) is 6.07 Å². The van der Waals surface area contributed by atoms with Crippen LogP contribution in [0.1, 0.15) is 18.4 Å². The second-order valence-electron chi connectivity index (χ2n) is 5.77. The van der Waals surface area contributed by atoms with Crippen LogP contribution in [0, 0.1) is 6.92 Å². The highest BCUT2D eigenvalue weighted by atomic mass is 35.5. The van der Waals surface area contributed by atoms with Crippen molar-refractivity contribution in [3.8, 4) is 0 Å². The van der Waals surface area contributed by atoms with E-state index in [-0.39, 0.29) is 23.8 Å². The zero-order valence-electron chi connectivity index (χ0n) is 14.1. The van der Waals surface area contributed by atoms with Crippen LogP contribution in [0.15, 0.2) is 40.4 Å². The third-order valence-corrected chi connectivity index (χ3v) is 5.38. The fraction of sp³-hybridized carbons (Fsp3) is 0.312. The number of nitrogens with zero attached hydrogens (tertiary/aromatic N) is 2. The van der Waals surface area contributed by atoms with Gasteiger partial charge in [0.15, 0.2) is 5.96 Å². The number of guanidine groups is 1. The number of para-hydroxylation sites is 1. The van der Waals surface area contributed by atoms with Gasteiger partial charge in [0.2, 0.25) is 15.3 Å². The zero-order valence-corrected chi connectivity index (χ0v) is 15.7. The highest BCUT2D eigenvalue weighted by Gasteiger charge is 2.26. The first kappa shape index (κ1) is 20.1. The van der Waals surface area contributed by atoms with Gasteiger partial charge in [-0.25, -0.2) is 8.42 Å². The number of carbonyl (C=O) groups excluding carboxylic acids is 1. The number of sulfonamides is 1. The normalized spacial score (nSPS) is 12.7. The number of aryl methyl sites for hydroxylation is 1. The smallest absolute Gasteiger partial charge is 0.243 e. The van der Waals surface area contributed by atoms with Crippen LogP contribution in [0.3, 0.4) is 0 Å². The van der Waals surface area contributed by atoms with Crippen molar-refractivity contribution in [1.29, 1.82) is 0 Å². The molecule has 1 atom stereocenters. The van der Waals surface area contributed by atoms with Gasteiger partial charge in [0.05, 0.1) is 11.6 Å². The molecule has 26 heavy (non-hydrogen) atoms. The Labute approximate surface area is 156 Å². The van der Waals surface area contributed by atoms with Gasteiger partial charge < -0.3 is 11.5 Å². The summed E-state index contributed by atoms with van der Waals surface area (Å²) in [6, 6.07) is 5.57. The maximum atomic E-state index is 12.8. The summed E-state index contributed by atoms with van der Waals surface area (Å²) in [5.41, 5.74) is 11.7. The van der Waals surface area contributed by atoms with Crippen molar-refractivity contribution < 1.29 is 13.2 Å². The summed E-state index contributed by atoms with van der Waals surface area (Å²) >= 11 is 5.55. The van der Waals surface area contributed by atoms with Gasteiger partial charge in [-0.1, -0.05) is 12.1 Å². The average molecular weight is 398 g/mol. The maximum absolute atomic E-state index is 12.8. The Morgan fingerprint density at radius 1 is 1.38 bits per heavy atom. The lowest BCUT2D eigenvalue weighted by Gasteiger charge is -2.15. The molecule has 0 radical (unpaired) electrons. The standard InChI is InChI=1S/C16H20ClN5O3S/c1-10-8-11-4-2-6-13(14(11)21-9-10)26(24,25)22-12(15(17)23)5-3-7-20-16(18)19/h2,4,6,8-9,12,22H,3,5,7H2,1H3,(H4,18,19,20). The topological polar surface area (TPSA) is 141 Å². The monoisotopic (exact) mass is 397 g/mol. The summed E-state index contributed by atoms with van der Waals surface area (Å²) in [6.45, 7) is 2.13. The molecule has 1 unspecified atom stereocenters. The van der Waals surface area contributed by atoms with Gasteiger partial charge in [-0.15, -0.1) is 0 Å². The largest absolute Gasteiger partial charge is 0.370 e. The Balaban J connectivity index is 2.25. The molecular formula is C16H20ClN5O3S. The molecule has 0 bridgehead atoms. The molecule has 0 aliphatic rings. The van der Waals surface area contributed by atoms with Crippen LogP contribution < -0.4 is 16.2 Å². The summed E-state index contributed by atoms with van der Waals surface area (Å²) in [7, 11) is -4.00. The molecule has 0 saturated heterocycles. The number of hydrogen-bond donors (Lipinski definition) is 3. The highest BCUT2D eigenvalue weighted by molar-refractivity contribution is 7.89. The molecule has 0 saturated carbocycles. The second-order valence-corrected chi connectivity index (χ2v) is 7.82. The van der Waals surface area contributed by atoms with Gasteiger partial charge in [-0.3, -0.25) is 14.8 Å². The summed E-state index contributed by atoms with van der Waals surface area (Å²) in [5.74, 6) is -0.0727. The van der Waals surface area contributed by atoms with E-state index in [4.69, 9.17) is 23.1 Å². The lowest BCUT2D eigenvalue weighted by molar-refractivity contribution is -0.113. The van der Waals surface area contributed by atoms with E-state index in [1.807, 2.05) is 13.0 Å². The number of aromatic nitrogens is 1. The predicted octanol–water partition coefficient (Wildman–Crippen LogP) is 1.01. The average Bonchev–Trinajstić information content (AvgIpc) is 2.56. The SMILES string of the molecule is Cc1cnc2c(S(=O)(=O)NC(CCCN=C(N)N)C(=O)Cl)cccc2c1. The number of fused-ring (bicyclic) bond motifs is 1. The van der Waals surface area contributed by atoms with Crippen LogP contribution in [-0.4, -0.2) is 37.2 Å². The van der Waals surface area contributed by atoms with Gasteiger partial charge in [-0.05, 0) is 49.1 Å². The van der Waals surface area contributed by atoms with E-state index in [0.717, 1.165) is 5.56 Å². The van der Waals surface area contributed by atoms with Crippen LogP contribution in [0.4, 0.5) is 0 Å². The zero-order chi connectivity index (χ0) is 19.3. The Kier molecular flexibility index (Phi) is 6.52. The van der Waals surface area contributed by atoms with Crippen LogP contribution in [0.5, 0.6) is 0 Å². The van der Waals surface area contributed by atoms with Crippen molar-refractivity contribution in [2.24, 2.45) is 16.5 Å². The number of nitrogens with one attached hydrogen (secondary N) is 1. The molecule has 2 rings (SSSR count). The van der Waals surface area contributed by atoms with E-state index in [1.54, 1.807) is 18.3 Å². The number of aliphatic imine (C=N–C) groups is 1. The summed E-state index contributed by atoms with van der Waals surface area (Å²) in [5, 5.41) is -0.114. The number of carbonyl (C=O) groups is 1. The van der Waals surface area contributed by atoms with Crippen molar-refractivity contribution in [2.45, 2.75) is 30.7 Å². The molecule has 1 aromatic carbocycles. The number of pyridine rings is 1. The van der Waals surface area contributed by atoms with E-state index >= 15 is 0 Å². The summed E-state index contributed by atoms with van der Waals surface area (Å²) in [4.78, 5) is 19.6. The van der Waals surface area contributed by atoms with Gasteiger partial charge >= 0.3 is 0 Å². The van der Waals surface area contributed by atoms with Gasteiger partial charge in [0.1, 0.15) is 4.90 Å². The molecule has 0 spiro atoms. The quantitative estimate of drug-likeness (QED) is 0.263. The molecule has 0 aliphatic heterocycles. The Morgan fingerprint density at radius 2 is 2.12 bits per heavy atom. The Bertz CT molecular complexity index is 942. The maximum Gasteiger partial charge on any atom is 0.243 e. The van der Waals surface area contributed by atoms with Gasteiger partial charge in [-0.2, -0.15) is 4.72 Å². The molecule has 1 aromatic heterocycles. The molecule has 5 N–H and O–H groups in total. The van der Waals surface area contributed by atoms with Crippen molar-refractivity contribution in [2.75, 3.05) is 6.54 Å². The minimum Gasteiger partial charge on any atom is -0.370 e. The fourth-order valence-corrected chi connectivity index (χ4v) is 4.07. The first-order valence-electron chi connectivity index (χ1n) is 7.83. The van der Waals surface area contributed by atoms with Crippen molar-refractivity contribution in [1.82, 2.24) is 9.71 Å². The molecule has 140 valence electrons. The molecular weight excluding hydrogens is 378 g/mol. The van der Waals surface area contributed by atoms with Crippen molar-refractivity contribution in [3.05, 3.63) is 36.0 Å². The number of nitrogens with two attached hydrogens (primary N) is 2. The second kappa shape index (κ2) is 8.43. The van der Waals surface area contributed by atoms with Crippen LogP contribution in [-0.2, 0) is 14.8 Å². The first-order chi connectivity index (χ1) is 12.2. The molecule has 10 heteroatoms. The Morgan fingerprint density at radius 3 is 2.77 bits per heavy atom.